The topological polar surface area (TPSA) is 43.8 Å². The second-order valence-corrected chi connectivity index (χ2v) is 7.64. The van der Waals surface area contributed by atoms with Gasteiger partial charge in [0.25, 0.3) is 0 Å². The van der Waals surface area contributed by atoms with Gasteiger partial charge in [0.1, 0.15) is 0 Å². The zero-order valence-electron chi connectivity index (χ0n) is 13.8. The van der Waals surface area contributed by atoms with Gasteiger partial charge in [0.05, 0.1) is 5.69 Å². The Morgan fingerprint density at radius 2 is 1.92 bits per heavy atom. The highest BCUT2D eigenvalue weighted by molar-refractivity contribution is 7.08. The molecule has 2 saturated heterocycles. The molecule has 2 aromatic rings. The van der Waals surface area contributed by atoms with Crippen LogP contribution in [0.15, 0.2) is 41.1 Å². The van der Waals surface area contributed by atoms with E-state index >= 15 is 0 Å². The van der Waals surface area contributed by atoms with Crippen LogP contribution in [0.4, 0.5) is 10.5 Å². The van der Waals surface area contributed by atoms with Crippen molar-refractivity contribution in [2.75, 3.05) is 11.9 Å². The van der Waals surface area contributed by atoms with Gasteiger partial charge >= 0.3 is 6.09 Å². The summed E-state index contributed by atoms with van der Waals surface area (Å²) in [5.74, 6) is 0. The average Bonchev–Trinajstić information content (AvgIpc) is 3.15. The molecular formula is C19H22N2O2S. The molecule has 0 spiro atoms. The number of fused-ring (bicyclic) bond motifs is 2. The summed E-state index contributed by atoms with van der Waals surface area (Å²) in [5, 5.41) is 14.1. The van der Waals surface area contributed by atoms with E-state index in [-0.39, 0.29) is 6.04 Å². The molecule has 3 atom stereocenters. The normalized spacial score (nSPS) is 26.5. The Kier molecular flexibility index (Phi) is 4.06. The Labute approximate surface area is 146 Å². The molecule has 0 radical (unpaired) electrons. The van der Waals surface area contributed by atoms with E-state index in [0.717, 1.165) is 29.7 Å². The van der Waals surface area contributed by atoms with E-state index in [2.05, 4.69) is 23.4 Å². The van der Waals surface area contributed by atoms with Crippen molar-refractivity contribution in [3.05, 3.63) is 41.1 Å². The van der Waals surface area contributed by atoms with Gasteiger partial charge in [-0.25, -0.2) is 4.79 Å². The van der Waals surface area contributed by atoms with E-state index in [1.54, 1.807) is 16.2 Å². The number of para-hydroxylation sites is 1. The van der Waals surface area contributed by atoms with Crippen LogP contribution in [0, 0.1) is 0 Å². The summed E-state index contributed by atoms with van der Waals surface area (Å²) < 4.78 is 0. The molecule has 0 aliphatic carbocycles. The molecule has 0 unspecified atom stereocenters. The lowest BCUT2D eigenvalue weighted by atomic mass is 9.95. The number of rotatable bonds is 3. The zero-order chi connectivity index (χ0) is 16.7. The molecule has 2 fully saturated rings. The number of benzene rings is 1. The van der Waals surface area contributed by atoms with Crippen molar-refractivity contribution in [3.63, 3.8) is 0 Å². The first-order valence-corrected chi connectivity index (χ1v) is 9.45. The maximum atomic E-state index is 12.2. The zero-order valence-corrected chi connectivity index (χ0v) is 14.6. The number of carbonyl (C=O) groups is 1. The third-order valence-electron chi connectivity index (χ3n) is 5.64. The van der Waals surface area contributed by atoms with E-state index in [9.17, 15) is 9.90 Å². The maximum Gasteiger partial charge on any atom is 0.412 e. The maximum absolute atomic E-state index is 12.2. The third kappa shape index (κ3) is 2.62. The monoisotopic (exact) mass is 342 g/mol. The molecule has 24 heavy (non-hydrogen) atoms. The van der Waals surface area contributed by atoms with Crippen molar-refractivity contribution in [1.82, 2.24) is 4.90 Å². The summed E-state index contributed by atoms with van der Waals surface area (Å²) in [5.41, 5.74) is 2.92. The first-order chi connectivity index (χ1) is 11.6. The number of nitrogens with zero attached hydrogens (tertiary/aromatic N) is 2. The molecule has 1 aromatic carbocycles. The molecular weight excluding hydrogens is 320 g/mol. The fourth-order valence-corrected chi connectivity index (χ4v) is 5.05. The van der Waals surface area contributed by atoms with E-state index < -0.39 is 6.09 Å². The fourth-order valence-electron chi connectivity index (χ4n) is 4.40. The van der Waals surface area contributed by atoms with Gasteiger partial charge in [-0.15, -0.1) is 0 Å². The van der Waals surface area contributed by atoms with Crippen LogP contribution in [-0.2, 0) is 0 Å². The lowest BCUT2D eigenvalue weighted by Crippen LogP contribution is -2.50. The second-order valence-electron chi connectivity index (χ2n) is 6.86. The minimum atomic E-state index is -0.841. The Hall–Kier alpha value is -1.85. The number of hydrogen-bond acceptors (Lipinski definition) is 3. The van der Waals surface area contributed by atoms with Crippen molar-refractivity contribution in [2.24, 2.45) is 0 Å². The number of hydrogen-bond donors (Lipinski definition) is 1. The van der Waals surface area contributed by atoms with Gasteiger partial charge < -0.3 is 10.0 Å². The summed E-state index contributed by atoms with van der Waals surface area (Å²) in [7, 11) is 2.18. The highest BCUT2D eigenvalue weighted by Gasteiger charge is 2.42. The van der Waals surface area contributed by atoms with Crippen LogP contribution < -0.4 is 4.90 Å². The molecule has 126 valence electrons. The van der Waals surface area contributed by atoms with Crippen LogP contribution in [0.25, 0.3) is 11.1 Å². The summed E-state index contributed by atoms with van der Waals surface area (Å²) in [6.07, 6.45) is 3.40. The van der Waals surface area contributed by atoms with Crippen LogP contribution >= 0.6 is 11.3 Å². The van der Waals surface area contributed by atoms with E-state index in [0.29, 0.717) is 12.1 Å². The van der Waals surface area contributed by atoms with Crippen LogP contribution in [0.5, 0.6) is 0 Å². The minimum Gasteiger partial charge on any atom is -0.465 e. The molecule has 4 nitrogen and oxygen atoms in total. The van der Waals surface area contributed by atoms with Crippen molar-refractivity contribution < 1.29 is 9.90 Å². The summed E-state index contributed by atoms with van der Waals surface area (Å²) in [6.45, 7) is 0. The Balaban J connectivity index is 1.72. The molecule has 2 aliphatic heterocycles. The van der Waals surface area contributed by atoms with Gasteiger partial charge in [0.2, 0.25) is 0 Å². The highest BCUT2D eigenvalue weighted by atomic mass is 32.1. The van der Waals surface area contributed by atoms with Crippen LogP contribution in [0.2, 0.25) is 0 Å². The number of amides is 1. The molecule has 5 heteroatoms. The van der Waals surface area contributed by atoms with Gasteiger partial charge in [0, 0.05) is 23.7 Å². The average molecular weight is 342 g/mol. The van der Waals surface area contributed by atoms with Crippen molar-refractivity contribution in [1.29, 1.82) is 0 Å². The molecule has 0 saturated carbocycles. The van der Waals surface area contributed by atoms with E-state index in [4.69, 9.17) is 0 Å². The standard InChI is InChI=1S/C19H22N2O2S/c1-20-14-6-7-15(20)11-16(10-14)21(19(22)23)18-5-3-2-4-17(18)13-8-9-24-12-13/h2-5,8-9,12,14-16H,6-7,10-11H2,1H3,(H,22,23)/t14-,15+,16+. The lowest BCUT2D eigenvalue weighted by Gasteiger charge is -2.41. The summed E-state index contributed by atoms with van der Waals surface area (Å²) in [6, 6.07) is 11.0. The Morgan fingerprint density at radius 1 is 1.21 bits per heavy atom. The van der Waals surface area contributed by atoms with Crippen molar-refractivity contribution >= 4 is 23.1 Å². The Morgan fingerprint density at radius 3 is 2.54 bits per heavy atom. The van der Waals surface area contributed by atoms with Crippen LogP contribution in [-0.4, -0.2) is 41.3 Å². The van der Waals surface area contributed by atoms with Gasteiger partial charge in [-0.2, -0.15) is 11.3 Å². The SMILES string of the molecule is CN1[C@@H]2CC[C@H]1C[C@@H](N(C(=O)O)c1ccccc1-c1ccsc1)C2. The van der Waals surface area contributed by atoms with Crippen LogP contribution in [0.1, 0.15) is 25.7 Å². The molecule has 1 N–H and O–H groups in total. The number of carboxylic acid groups (broad SMARTS) is 1. The molecule has 4 rings (SSSR count). The molecule has 1 aromatic heterocycles. The van der Waals surface area contributed by atoms with Crippen molar-refractivity contribution in [2.45, 2.75) is 43.8 Å². The minimum absolute atomic E-state index is 0.0657. The first kappa shape index (κ1) is 15.7. The quantitative estimate of drug-likeness (QED) is 0.891. The van der Waals surface area contributed by atoms with Gasteiger partial charge in [0.15, 0.2) is 0 Å². The van der Waals surface area contributed by atoms with Gasteiger partial charge in [-0.05, 0) is 61.2 Å². The number of piperidine rings is 1. The predicted octanol–water partition coefficient (Wildman–Crippen LogP) is 4.52. The van der Waals surface area contributed by atoms with E-state index in [1.807, 2.05) is 29.6 Å². The highest BCUT2D eigenvalue weighted by Crippen LogP contribution is 2.40. The van der Waals surface area contributed by atoms with Gasteiger partial charge in [-0.3, -0.25) is 4.90 Å². The largest absolute Gasteiger partial charge is 0.465 e. The summed E-state index contributed by atoms with van der Waals surface area (Å²) in [4.78, 5) is 16.2. The van der Waals surface area contributed by atoms with Crippen molar-refractivity contribution in [3.8, 4) is 11.1 Å². The van der Waals surface area contributed by atoms with Crippen LogP contribution in [0.3, 0.4) is 0 Å². The van der Waals surface area contributed by atoms with E-state index in [1.165, 1.54) is 12.8 Å². The first-order valence-electron chi connectivity index (χ1n) is 8.51. The molecule has 2 aliphatic rings. The molecule has 1 amide bonds. The predicted molar refractivity (Wildman–Crippen MR) is 97.9 cm³/mol. The van der Waals surface area contributed by atoms with Gasteiger partial charge in [-0.1, -0.05) is 18.2 Å². The smallest absolute Gasteiger partial charge is 0.412 e. The molecule has 3 heterocycles. The fraction of sp³-hybridized carbons (Fsp3) is 0.421. The lowest BCUT2D eigenvalue weighted by molar-refractivity contribution is 0.151. The molecule has 2 bridgehead atoms. The Bertz CT molecular complexity index is 717. The number of anilines is 1. The third-order valence-corrected chi connectivity index (χ3v) is 6.32. The second kappa shape index (κ2) is 6.22. The number of thiophene rings is 1. The summed E-state index contributed by atoms with van der Waals surface area (Å²) >= 11 is 1.64.